The summed E-state index contributed by atoms with van der Waals surface area (Å²) in [5.74, 6) is 0. The molecule has 30 heavy (non-hydrogen) atoms. The first-order valence-electron chi connectivity index (χ1n) is 10.0. The predicted molar refractivity (Wildman–Crippen MR) is 134 cm³/mol. The molecule has 0 aliphatic carbocycles. The summed E-state index contributed by atoms with van der Waals surface area (Å²) in [6.07, 6.45) is 0. The van der Waals surface area contributed by atoms with E-state index in [1.807, 2.05) is 23.5 Å². The van der Waals surface area contributed by atoms with Crippen LogP contribution in [0.5, 0.6) is 0 Å². The summed E-state index contributed by atoms with van der Waals surface area (Å²) in [5.41, 5.74) is 5.03. The van der Waals surface area contributed by atoms with Gasteiger partial charge in [-0.15, -0.1) is 0 Å². The van der Waals surface area contributed by atoms with Crippen LogP contribution in [0, 0.1) is 13.8 Å². The van der Waals surface area contributed by atoms with Crippen molar-refractivity contribution < 1.29 is 0 Å². The Labute approximate surface area is 188 Å². The molecule has 0 spiro atoms. The Hall–Kier alpha value is -2.68. The molecule has 148 valence electrons. The molecule has 4 rings (SSSR count). The summed E-state index contributed by atoms with van der Waals surface area (Å²) in [7, 11) is 0. The van der Waals surface area contributed by atoms with Gasteiger partial charge in [0.05, 0.1) is 0 Å². The Bertz CT molecular complexity index is 1020. The van der Waals surface area contributed by atoms with Gasteiger partial charge in [0.25, 0.3) is 0 Å². The molecule has 0 aromatic heterocycles. The topological polar surface area (TPSA) is 0 Å². The fourth-order valence-electron chi connectivity index (χ4n) is 3.10. The molecule has 0 fully saturated rings. The first-order chi connectivity index (χ1) is 14.7. The maximum Gasteiger partial charge on any atom is 0.0340 e. The highest BCUT2D eigenvalue weighted by molar-refractivity contribution is 8.13. The third-order valence-electron chi connectivity index (χ3n) is 4.76. The monoisotopic (exact) mass is 424 g/mol. The van der Waals surface area contributed by atoms with Crippen molar-refractivity contribution in [2.45, 2.75) is 23.6 Å². The van der Waals surface area contributed by atoms with Gasteiger partial charge < -0.3 is 0 Å². The van der Waals surface area contributed by atoms with E-state index in [2.05, 4.69) is 123 Å². The average molecular weight is 425 g/mol. The number of aryl methyl sites for hydroxylation is 2. The van der Waals surface area contributed by atoms with Gasteiger partial charge in [0.15, 0.2) is 0 Å². The number of benzene rings is 4. The minimum absolute atomic E-state index is 1.24. The summed E-state index contributed by atoms with van der Waals surface area (Å²) in [5, 5.41) is 0. The van der Waals surface area contributed by atoms with Crippen molar-refractivity contribution in [3.8, 4) is 0 Å². The highest BCUT2D eigenvalue weighted by Crippen LogP contribution is 2.47. The lowest BCUT2D eigenvalue weighted by Gasteiger charge is -2.16. The molecule has 0 aliphatic heterocycles. The third kappa shape index (κ3) is 5.27. The highest BCUT2D eigenvalue weighted by Gasteiger charge is 2.15. The van der Waals surface area contributed by atoms with Crippen LogP contribution in [0.1, 0.15) is 22.3 Å². The largest absolute Gasteiger partial charge is 0.0883 e. The molecule has 4 aromatic carbocycles. The van der Waals surface area contributed by atoms with Gasteiger partial charge in [0.2, 0.25) is 0 Å². The van der Waals surface area contributed by atoms with Crippen molar-refractivity contribution in [1.82, 2.24) is 0 Å². The van der Waals surface area contributed by atoms with E-state index in [4.69, 9.17) is 0 Å². The molecule has 0 N–H and O–H groups in total. The maximum absolute atomic E-state index is 2.21. The zero-order valence-corrected chi connectivity index (χ0v) is 18.8. The lowest BCUT2D eigenvalue weighted by Crippen LogP contribution is -1.89. The van der Waals surface area contributed by atoms with Gasteiger partial charge in [-0.05, 0) is 49.2 Å². The predicted octanol–water partition coefficient (Wildman–Crippen LogP) is 8.71. The minimum Gasteiger partial charge on any atom is -0.0883 e. The Morgan fingerprint density at radius 1 is 0.433 bits per heavy atom. The molecule has 0 unspecified atom stereocenters. The van der Waals surface area contributed by atoms with Gasteiger partial charge in [0.1, 0.15) is 0 Å². The van der Waals surface area contributed by atoms with Crippen LogP contribution in [0.2, 0.25) is 0 Å². The fraction of sp³-hybridized carbons (Fsp3) is 0.0714. The highest BCUT2D eigenvalue weighted by atomic mass is 32.2. The zero-order chi connectivity index (χ0) is 20.8. The van der Waals surface area contributed by atoms with Gasteiger partial charge in [-0.3, -0.25) is 0 Å². The second-order valence-electron chi connectivity index (χ2n) is 7.22. The zero-order valence-electron chi connectivity index (χ0n) is 17.2. The van der Waals surface area contributed by atoms with Crippen LogP contribution in [0.3, 0.4) is 0 Å². The molecule has 4 aromatic rings. The normalized spacial score (nSPS) is 11.8. The van der Waals surface area contributed by atoms with Crippen molar-refractivity contribution in [2.24, 2.45) is 0 Å². The summed E-state index contributed by atoms with van der Waals surface area (Å²) in [6.45, 7) is 4.26. The Morgan fingerprint density at radius 2 is 0.767 bits per heavy atom. The average Bonchev–Trinajstić information content (AvgIpc) is 2.80. The van der Waals surface area contributed by atoms with E-state index in [9.17, 15) is 0 Å². The first-order valence-corrected chi connectivity index (χ1v) is 11.7. The summed E-state index contributed by atoms with van der Waals surface area (Å²) in [6, 6.07) is 39.0. The maximum atomic E-state index is 2.21. The number of rotatable bonds is 6. The Morgan fingerprint density at radius 3 is 1.10 bits per heavy atom. The minimum atomic E-state index is 1.24. The Balaban J connectivity index is 1.86. The van der Waals surface area contributed by atoms with Crippen LogP contribution < -0.4 is 0 Å². The van der Waals surface area contributed by atoms with Gasteiger partial charge in [-0.25, -0.2) is 0 Å². The number of thioether (sulfide) groups is 2. The van der Waals surface area contributed by atoms with Gasteiger partial charge >= 0.3 is 0 Å². The van der Waals surface area contributed by atoms with Crippen molar-refractivity contribution in [3.63, 3.8) is 0 Å². The molecule has 0 aliphatic rings. The molecule has 2 heteroatoms. The van der Waals surface area contributed by atoms with Crippen molar-refractivity contribution in [1.29, 1.82) is 0 Å². The van der Waals surface area contributed by atoms with Crippen LogP contribution >= 0.6 is 23.5 Å². The molecule has 0 saturated heterocycles. The molecule has 0 atom stereocenters. The van der Waals surface area contributed by atoms with Crippen LogP contribution in [-0.4, -0.2) is 0 Å². The molecular weight excluding hydrogens is 400 g/mol. The van der Waals surface area contributed by atoms with E-state index in [0.29, 0.717) is 0 Å². The lowest BCUT2D eigenvalue weighted by atomic mass is 10.1. The van der Waals surface area contributed by atoms with Gasteiger partial charge in [0, 0.05) is 19.6 Å². The van der Waals surface area contributed by atoms with E-state index in [-0.39, 0.29) is 0 Å². The molecule has 0 nitrogen and oxygen atoms in total. The summed E-state index contributed by atoms with van der Waals surface area (Å²) >= 11 is 3.67. The quantitative estimate of drug-likeness (QED) is 0.224. The molecule has 0 saturated carbocycles. The van der Waals surface area contributed by atoms with E-state index in [1.165, 1.54) is 41.9 Å². The third-order valence-corrected chi connectivity index (χ3v) is 7.19. The molecule has 0 amide bonds. The van der Waals surface area contributed by atoms with E-state index in [1.54, 1.807) is 0 Å². The van der Waals surface area contributed by atoms with Gasteiger partial charge in [-0.2, -0.15) is 0 Å². The molecule has 0 radical (unpaired) electrons. The van der Waals surface area contributed by atoms with Crippen molar-refractivity contribution in [3.05, 3.63) is 131 Å². The second kappa shape index (κ2) is 9.88. The van der Waals surface area contributed by atoms with Crippen LogP contribution in [0.15, 0.2) is 119 Å². The van der Waals surface area contributed by atoms with E-state index < -0.39 is 0 Å². The first kappa shape index (κ1) is 20.6. The molecule has 0 bridgehead atoms. The summed E-state index contributed by atoms with van der Waals surface area (Å²) < 4.78 is 0. The number of hydrogen-bond acceptors (Lipinski definition) is 2. The second-order valence-corrected chi connectivity index (χ2v) is 9.39. The van der Waals surface area contributed by atoms with Gasteiger partial charge in [-0.1, -0.05) is 120 Å². The molecular formula is C28H24S2. The number of hydrogen-bond donors (Lipinski definition) is 0. The van der Waals surface area contributed by atoms with Crippen molar-refractivity contribution in [2.75, 3.05) is 0 Å². The molecule has 0 heterocycles. The van der Waals surface area contributed by atoms with E-state index in [0.717, 1.165) is 0 Å². The fourth-order valence-corrected chi connectivity index (χ4v) is 5.29. The van der Waals surface area contributed by atoms with Crippen molar-refractivity contribution >= 4 is 33.3 Å². The smallest absolute Gasteiger partial charge is 0.0340 e. The SMILES string of the molecule is Cc1ccc(S/C(=C(/Sc2ccc(C)cc2)c2ccccc2)c2ccccc2)cc1. The van der Waals surface area contributed by atoms with Crippen LogP contribution in [0.25, 0.3) is 9.81 Å². The van der Waals surface area contributed by atoms with Crippen LogP contribution in [-0.2, 0) is 0 Å². The Kier molecular flexibility index (Phi) is 6.78. The standard InChI is InChI=1S/C28H24S2/c1-21-13-17-25(18-14-21)29-27(23-9-5-3-6-10-23)28(24-11-7-4-8-12-24)30-26-19-15-22(2)16-20-26/h3-20H,1-2H3/b28-27+. The van der Waals surface area contributed by atoms with Crippen LogP contribution in [0.4, 0.5) is 0 Å². The van der Waals surface area contributed by atoms with E-state index >= 15 is 0 Å². The lowest BCUT2D eigenvalue weighted by molar-refractivity contribution is 1.38. The summed E-state index contributed by atoms with van der Waals surface area (Å²) in [4.78, 5) is 5.04.